The highest BCUT2D eigenvalue weighted by Crippen LogP contribution is 2.50. The van der Waals surface area contributed by atoms with E-state index in [-0.39, 0.29) is 0 Å². The monoisotopic (exact) mass is 271 g/mol. The average molecular weight is 271 g/mol. The van der Waals surface area contributed by atoms with E-state index in [2.05, 4.69) is 11.3 Å². The number of hydrogen-bond acceptors (Lipinski definition) is 2. The first kappa shape index (κ1) is 15.3. The maximum absolute atomic E-state index is 8.88. The molecule has 3 atom stereocenters. The van der Waals surface area contributed by atoms with Gasteiger partial charge in [0.15, 0.2) is 0 Å². The van der Waals surface area contributed by atoms with Crippen molar-refractivity contribution in [3.8, 4) is 0 Å². The van der Waals surface area contributed by atoms with Gasteiger partial charge < -0.3 is 14.2 Å². The molecule has 0 saturated carbocycles. The van der Waals surface area contributed by atoms with Gasteiger partial charge in [0.2, 0.25) is 12.2 Å². The maximum Gasteiger partial charge on any atom is 0.266 e. The highest BCUT2D eigenvalue weighted by molar-refractivity contribution is 4.97. The van der Waals surface area contributed by atoms with Gasteiger partial charge in [0.25, 0.3) is 6.29 Å². The molecule has 2 aliphatic rings. The zero-order valence-electron chi connectivity index (χ0n) is 12.5. The van der Waals surface area contributed by atoms with E-state index in [0.717, 1.165) is 19.4 Å². The van der Waals surface area contributed by atoms with Crippen molar-refractivity contribution in [3.05, 3.63) is 0 Å². The van der Waals surface area contributed by atoms with Gasteiger partial charge in [-0.3, -0.25) is 0 Å². The van der Waals surface area contributed by atoms with Crippen LogP contribution >= 0.6 is 0 Å². The van der Waals surface area contributed by atoms with Crippen molar-refractivity contribution < 1.29 is 14.2 Å². The summed E-state index contributed by atoms with van der Waals surface area (Å²) in [5.41, 5.74) is 0. The van der Waals surface area contributed by atoms with Gasteiger partial charge in [-0.05, 0) is 12.8 Å². The van der Waals surface area contributed by atoms with Gasteiger partial charge in [-0.25, -0.2) is 0 Å². The van der Waals surface area contributed by atoms with Crippen LogP contribution in [0.25, 0.3) is 0 Å². The normalized spacial score (nSPS) is 29.7. The molecule has 0 aromatic carbocycles. The van der Waals surface area contributed by atoms with Crippen LogP contribution in [-0.4, -0.2) is 36.8 Å². The van der Waals surface area contributed by atoms with Crippen LogP contribution in [0.3, 0.4) is 0 Å². The smallest absolute Gasteiger partial charge is 0.266 e. The Labute approximate surface area is 118 Å². The molecule has 2 heterocycles. The standard InChI is InChI=1S/C16H31O3/c1-2-3-4-5-6-7-13-18-16-11-10-15-14(19(15)16)9-8-12-17/h14-17H,2-13H2,1H3/q+1/t14-,15-,16?/m1/s1. The molecule has 0 amide bonds. The molecular weight excluding hydrogens is 240 g/mol. The van der Waals surface area contributed by atoms with Gasteiger partial charge >= 0.3 is 0 Å². The van der Waals surface area contributed by atoms with Gasteiger partial charge in [-0.1, -0.05) is 39.0 Å². The van der Waals surface area contributed by atoms with E-state index >= 15 is 0 Å². The van der Waals surface area contributed by atoms with E-state index in [4.69, 9.17) is 9.84 Å². The van der Waals surface area contributed by atoms with E-state index in [1.54, 1.807) is 0 Å². The third-order valence-corrected chi connectivity index (χ3v) is 4.48. The van der Waals surface area contributed by atoms with Gasteiger partial charge in [0, 0.05) is 19.4 Å². The Morgan fingerprint density at radius 1 is 1.05 bits per heavy atom. The summed E-state index contributed by atoms with van der Waals surface area (Å²) in [6.45, 7) is 3.49. The molecule has 0 bridgehead atoms. The molecule has 1 unspecified atom stereocenters. The summed E-state index contributed by atoms with van der Waals surface area (Å²) in [6.07, 6.45) is 14.1. The van der Waals surface area contributed by atoms with E-state index in [0.29, 0.717) is 25.1 Å². The summed E-state index contributed by atoms with van der Waals surface area (Å²) >= 11 is 0. The first-order valence-corrected chi connectivity index (χ1v) is 8.31. The Morgan fingerprint density at radius 2 is 1.84 bits per heavy atom. The minimum absolute atomic E-state index is 0.310. The van der Waals surface area contributed by atoms with Gasteiger partial charge in [0.05, 0.1) is 13.0 Å². The van der Waals surface area contributed by atoms with Crippen LogP contribution in [0.15, 0.2) is 0 Å². The molecule has 0 spiro atoms. The molecule has 3 heteroatoms. The van der Waals surface area contributed by atoms with E-state index in [1.165, 1.54) is 51.4 Å². The lowest BCUT2D eigenvalue weighted by Crippen LogP contribution is -2.17. The fourth-order valence-electron chi connectivity index (χ4n) is 3.34. The second-order valence-corrected chi connectivity index (χ2v) is 6.00. The van der Waals surface area contributed by atoms with Crippen molar-refractivity contribution in [3.63, 3.8) is 0 Å². The summed E-state index contributed by atoms with van der Waals surface area (Å²) in [5.74, 6) is 0. The van der Waals surface area contributed by atoms with Crippen molar-refractivity contribution in [1.29, 1.82) is 0 Å². The highest BCUT2D eigenvalue weighted by atomic mass is 16.9. The summed E-state index contributed by atoms with van der Waals surface area (Å²) in [7, 11) is 0. The molecular formula is C16H31O3+. The fraction of sp³-hybridized carbons (Fsp3) is 1.00. The lowest BCUT2D eigenvalue weighted by Gasteiger charge is -2.12. The average Bonchev–Trinajstić information content (AvgIpc) is 2.95. The number of unbranched alkanes of at least 4 members (excludes halogenated alkanes) is 5. The second kappa shape index (κ2) is 8.23. The molecule has 112 valence electrons. The highest BCUT2D eigenvalue weighted by Gasteiger charge is 2.65. The molecule has 2 rings (SSSR count). The minimum Gasteiger partial charge on any atom is -0.396 e. The topological polar surface area (TPSA) is 32.2 Å². The van der Waals surface area contributed by atoms with Crippen molar-refractivity contribution in [2.75, 3.05) is 13.2 Å². The molecule has 2 saturated heterocycles. The van der Waals surface area contributed by atoms with Gasteiger partial charge in [-0.2, -0.15) is 0 Å². The number of aliphatic hydroxyl groups is 1. The van der Waals surface area contributed by atoms with Crippen molar-refractivity contribution >= 4 is 0 Å². The van der Waals surface area contributed by atoms with Crippen LogP contribution < -0.4 is 0 Å². The predicted molar refractivity (Wildman–Crippen MR) is 77.3 cm³/mol. The Bertz CT molecular complexity index is 244. The number of rotatable bonds is 11. The molecule has 0 aliphatic carbocycles. The summed E-state index contributed by atoms with van der Waals surface area (Å²) in [5, 5.41) is 8.88. The number of aliphatic hydroxyl groups excluding tert-OH is 1. The van der Waals surface area contributed by atoms with E-state index in [9.17, 15) is 0 Å². The third kappa shape index (κ3) is 4.44. The summed E-state index contributed by atoms with van der Waals surface area (Å²) < 4.78 is 9.38. The van der Waals surface area contributed by atoms with Crippen molar-refractivity contribution in [1.82, 2.24) is 0 Å². The van der Waals surface area contributed by atoms with Crippen molar-refractivity contribution in [2.45, 2.75) is 89.6 Å². The fourth-order valence-corrected chi connectivity index (χ4v) is 3.34. The van der Waals surface area contributed by atoms with Crippen LogP contribution in [0.1, 0.15) is 71.1 Å². The van der Waals surface area contributed by atoms with E-state index < -0.39 is 0 Å². The molecule has 0 radical (unpaired) electrons. The number of ether oxygens (including phenoxy) is 1. The summed E-state index contributed by atoms with van der Waals surface area (Å²) in [6, 6.07) is 0. The molecule has 0 aromatic rings. The molecule has 19 heavy (non-hydrogen) atoms. The molecule has 2 fully saturated rings. The minimum atomic E-state index is 0.310. The number of hydrogen-bond donors (Lipinski definition) is 1. The quantitative estimate of drug-likeness (QED) is 0.354. The third-order valence-electron chi connectivity index (χ3n) is 4.48. The maximum atomic E-state index is 8.88. The van der Waals surface area contributed by atoms with E-state index in [1.807, 2.05) is 0 Å². The molecule has 1 N–H and O–H groups in total. The summed E-state index contributed by atoms with van der Waals surface area (Å²) in [4.78, 5) is 0. The number of epoxide rings is 1. The largest absolute Gasteiger partial charge is 0.396 e. The zero-order valence-corrected chi connectivity index (χ0v) is 12.5. The predicted octanol–water partition coefficient (Wildman–Crippen LogP) is 3.56. The zero-order chi connectivity index (χ0) is 13.5. The molecule has 2 aliphatic heterocycles. The Kier molecular flexibility index (Phi) is 6.62. The Hall–Kier alpha value is -0.120. The lowest BCUT2D eigenvalue weighted by molar-refractivity contribution is -0.182. The SMILES string of the molecule is CCCCCCCCOC1CC[C@@H]2[C@@H](CCCO)[O+]12. The van der Waals surface area contributed by atoms with Crippen LogP contribution in [0.4, 0.5) is 0 Å². The number of fused-ring (bicyclic) bond motifs is 1. The van der Waals surface area contributed by atoms with Crippen molar-refractivity contribution in [2.24, 2.45) is 0 Å². The lowest BCUT2D eigenvalue weighted by atomic mass is 10.1. The van der Waals surface area contributed by atoms with Gasteiger partial charge in [-0.15, -0.1) is 0 Å². The second-order valence-electron chi connectivity index (χ2n) is 6.00. The van der Waals surface area contributed by atoms with Crippen LogP contribution in [0.5, 0.6) is 0 Å². The first-order chi connectivity index (χ1) is 9.38. The van der Waals surface area contributed by atoms with Crippen LogP contribution in [-0.2, 0) is 9.10 Å². The van der Waals surface area contributed by atoms with Gasteiger partial charge in [0.1, 0.15) is 0 Å². The first-order valence-electron chi connectivity index (χ1n) is 8.31. The Morgan fingerprint density at radius 3 is 2.63 bits per heavy atom. The molecule has 0 aromatic heterocycles. The van der Waals surface area contributed by atoms with Crippen LogP contribution in [0.2, 0.25) is 0 Å². The Balaban J connectivity index is 1.48. The van der Waals surface area contributed by atoms with Crippen LogP contribution in [0, 0.1) is 0 Å². The molecule has 3 nitrogen and oxygen atoms in total.